The van der Waals surface area contributed by atoms with Gasteiger partial charge < -0.3 is 5.11 Å². The highest BCUT2D eigenvalue weighted by Crippen LogP contribution is 2.13. The number of phenols is 1. The summed E-state index contributed by atoms with van der Waals surface area (Å²) >= 11 is 0. The monoisotopic (exact) mass is 250 g/mol. The summed E-state index contributed by atoms with van der Waals surface area (Å²) in [6.45, 7) is 6.25. The summed E-state index contributed by atoms with van der Waals surface area (Å²) in [5.41, 5.74) is 1.34. The summed E-state index contributed by atoms with van der Waals surface area (Å²) < 4.78 is 0. The Morgan fingerprint density at radius 3 is 1.83 bits per heavy atom. The number of rotatable bonds is 8. The smallest absolute Gasteiger partial charge is 0.115 e. The molecule has 0 aromatic heterocycles. The summed E-state index contributed by atoms with van der Waals surface area (Å²) in [5.74, 6) is 0.364. The number of hydrogen-bond donors (Lipinski definition) is 1. The molecular weight excluding hydrogens is 220 g/mol. The molecule has 1 aromatic carbocycles. The molecule has 1 nitrogen and oxygen atoms in total. The summed E-state index contributed by atoms with van der Waals surface area (Å²) in [5, 5.41) is 9.15. The van der Waals surface area contributed by atoms with E-state index in [2.05, 4.69) is 6.92 Å². The Balaban J connectivity index is 0.00000137. The van der Waals surface area contributed by atoms with E-state index >= 15 is 0 Å². The molecular formula is C17H30O. The van der Waals surface area contributed by atoms with Crippen LogP contribution in [0.25, 0.3) is 0 Å². The van der Waals surface area contributed by atoms with Crippen LogP contribution in [0.3, 0.4) is 0 Å². The van der Waals surface area contributed by atoms with E-state index in [1.807, 2.05) is 26.0 Å². The standard InChI is InChI=1S/C15H24O.C2H6/c1-2-3-4-5-6-7-8-9-14-10-12-15(16)13-11-14;1-2/h10-13,16H,2-9H2,1H3;1-2H3. The lowest BCUT2D eigenvalue weighted by Crippen LogP contribution is -1.85. The van der Waals surface area contributed by atoms with Crippen LogP contribution in [0, 0.1) is 0 Å². The molecule has 0 aliphatic rings. The number of unbranched alkanes of at least 4 members (excludes halogenated alkanes) is 6. The lowest BCUT2D eigenvalue weighted by Gasteiger charge is -2.02. The van der Waals surface area contributed by atoms with Crippen LogP contribution in [0.4, 0.5) is 0 Å². The van der Waals surface area contributed by atoms with E-state index in [0.717, 1.165) is 6.42 Å². The van der Waals surface area contributed by atoms with Gasteiger partial charge in [0.05, 0.1) is 0 Å². The SMILES string of the molecule is CC.CCCCCCCCCc1ccc(O)cc1. The van der Waals surface area contributed by atoms with Crippen molar-refractivity contribution in [2.24, 2.45) is 0 Å². The second kappa shape index (κ2) is 12.5. The molecule has 0 aliphatic carbocycles. The van der Waals surface area contributed by atoms with Crippen molar-refractivity contribution in [1.82, 2.24) is 0 Å². The van der Waals surface area contributed by atoms with Crippen LogP contribution in [0.1, 0.15) is 71.3 Å². The molecule has 0 atom stereocenters. The lowest BCUT2D eigenvalue weighted by molar-refractivity contribution is 0.475. The second-order valence-electron chi connectivity index (χ2n) is 4.54. The predicted octanol–water partition coefficient (Wildman–Crippen LogP) is 5.71. The van der Waals surface area contributed by atoms with Gasteiger partial charge in [0, 0.05) is 0 Å². The van der Waals surface area contributed by atoms with Crippen LogP contribution in [0.15, 0.2) is 24.3 Å². The molecule has 0 radical (unpaired) electrons. The molecule has 1 heteroatoms. The summed E-state index contributed by atoms with van der Waals surface area (Å²) in [7, 11) is 0. The van der Waals surface area contributed by atoms with Gasteiger partial charge in [-0.05, 0) is 30.5 Å². The highest BCUT2D eigenvalue weighted by Gasteiger charge is 1.94. The molecule has 0 saturated heterocycles. The maximum Gasteiger partial charge on any atom is 0.115 e. The Kier molecular flexibility index (Phi) is 11.8. The molecule has 1 aromatic rings. The number of aryl methyl sites for hydroxylation is 1. The predicted molar refractivity (Wildman–Crippen MR) is 81.2 cm³/mol. The zero-order valence-electron chi connectivity index (χ0n) is 12.4. The molecule has 104 valence electrons. The zero-order valence-corrected chi connectivity index (χ0v) is 12.4. The van der Waals surface area contributed by atoms with Crippen molar-refractivity contribution in [3.63, 3.8) is 0 Å². The minimum Gasteiger partial charge on any atom is -0.508 e. The third-order valence-corrected chi connectivity index (χ3v) is 3.01. The van der Waals surface area contributed by atoms with Crippen LogP contribution < -0.4 is 0 Å². The van der Waals surface area contributed by atoms with Crippen LogP contribution in [-0.2, 0) is 6.42 Å². The normalized spacial score (nSPS) is 9.72. The van der Waals surface area contributed by atoms with Gasteiger partial charge in [0.2, 0.25) is 0 Å². The van der Waals surface area contributed by atoms with Crippen molar-refractivity contribution in [2.75, 3.05) is 0 Å². The number of aromatic hydroxyl groups is 1. The molecule has 0 fully saturated rings. The van der Waals surface area contributed by atoms with Crippen molar-refractivity contribution in [1.29, 1.82) is 0 Å². The third-order valence-electron chi connectivity index (χ3n) is 3.01. The Morgan fingerprint density at radius 1 is 0.778 bits per heavy atom. The molecule has 0 spiro atoms. The van der Waals surface area contributed by atoms with Gasteiger partial charge in [-0.25, -0.2) is 0 Å². The second-order valence-corrected chi connectivity index (χ2v) is 4.54. The first-order chi connectivity index (χ1) is 8.83. The maximum atomic E-state index is 9.15. The van der Waals surface area contributed by atoms with Gasteiger partial charge in [-0.15, -0.1) is 0 Å². The fourth-order valence-electron chi connectivity index (χ4n) is 1.95. The maximum absolute atomic E-state index is 9.15. The summed E-state index contributed by atoms with van der Waals surface area (Å²) in [4.78, 5) is 0. The number of benzene rings is 1. The van der Waals surface area contributed by atoms with E-state index in [1.54, 1.807) is 12.1 Å². The first kappa shape index (κ1) is 17.0. The molecule has 0 heterocycles. The Bertz CT molecular complexity index is 263. The minimum atomic E-state index is 0.364. The molecule has 0 unspecified atom stereocenters. The van der Waals surface area contributed by atoms with E-state index in [4.69, 9.17) is 5.11 Å². The molecule has 0 aliphatic heterocycles. The van der Waals surface area contributed by atoms with Crippen LogP contribution in [-0.4, -0.2) is 5.11 Å². The first-order valence-electron chi connectivity index (χ1n) is 7.61. The highest BCUT2D eigenvalue weighted by molar-refractivity contribution is 5.25. The first-order valence-corrected chi connectivity index (χ1v) is 7.61. The quantitative estimate of drug-likeness (QED) is 0.586. The molecule has 0 bridgehead atoms. The van der Waals surface area contributed by atoms with Gasteiger partial charge in [-0.2, -0.15) is 0 Å². The van der Waals surface area contributed by atoms with E-state index < -0.39 is 0 Å². The van der Waals surface area contributed by atoms with Crippen LogP contribution >= 0.6 is 0 Å². The van der Waals surface area contributed by atoms with Crippen molar-refractivity contribution < 1.29 is 5.11 Å². The number of phenolic OH excluding ortho intramolecular Hbond substituents is 1. The van der Waals surface area contributed by atoms with Gasteiger partial charge in [0.15, 0.2) is 0 Å². The Hall–Kier alpha value is -0.980. The highest BCUT2D eigenvalue weighted by atomic mass is 16.3. The van der Waals surface area contributed by atoms with Crippen molar-refractivity contribution >= 4 is 0 Å². The summed E-state index contributed by atoms with van der Waals surface area (Å²) in [6.07, 6.45) is 10.6. The third kappa shape index (κ3) is 9.09. The largest absolute Gasteiger partial charge is 0.508 e. The van der Waals surface area contributed by atoms with Gasteiger partial charge in [0.1, 0.15) is 5.75 Å². The van der Waals surface area contributed by atoms with Gasteiger partial charge in [0.25, 0.3) is 0 Å². The van der Waals surface area contributed by atoms with Crippen molar-refractivity contribution in [3.8, 4) is 5.75 Å². The van der Waals surface area contributed by atoms with E-state index in [9.17, 15) is 0 Å². The average molecular weight is 250 g/mol. The van der Waals surface area contributed by atoms with Crippen molar-refractivity contribution in [2.45, 2.75) is 72.1 Å². The Morgan fingerprint density at radius 2 is 1.28 bits per heavy atom. The van der Waals surface area contributed by atoms with Crippen molar-refractivity contribution in [3.05, 3.63) is 29.8 Å². The van der Waals surface area contributed by atoms with Crippen LogP contribution in [0.5, 0.6) is 5.75 Å². The van der Waals surface area contributed by atoms with E-state index in [-0.39, 0.29) is 0 Å². The molecule has 18 heavy (non-hydrogen) atoms. The van der Waals surface area contributed by atoms with Gasteiger partial charge >= 0.3 is 0 Å². The average Bonchev–Trinajstić information content (AvgIpc) is 2.42. The summed E-state index contributed by atoms with van der Waals surface area (Å²) in [6, 6.07) is 7.59. The number of hydrogen-bond acceptors (Lipinski definition) is 1. The molecule has 1 N–H and O–H groups in total. The van der Waals surface area contributed by atoms with Gasteiger partial charge in [-0.3, -0.25) is 0 Å². The van der Waals surface area contributed by atoms with Crippen LogP contribution in [0.2, 0.25) is 0 Å². The molecule has 1 rings (SSSR count). The molecule has 0 saturated carbocycles. The topological polar surface area (TPSA) is 20.2 Å². The fourth-order valence-corrected chi connectivity index (χ4v) is 1.95. The minimum absolute atomic E-state index is 0.364. The lowest BCUT2D eigenvalue weighted by atomic mass is 10.0. The molecule has 0 amide bonds. The fraction of sp³-hybridized carbons (Fsp3) is 0.647. The Labute approximate surface area is 113 Å². The zero-order chi connectivity index (χ0) is 13.6. The van der Waals surface area contributed by atoms with E-state index in [0.29, 0.717) is 5.75 Å². The van der Waals surface area contributed by atoms with Gasteiger partial charge in [-0.1, -0.05) is 71.4 Å². The van der Waals surface area contributed by atoms with E-state index in [1.165, 1.54) is 50.5 Å².